The van der Waals surface area contributed by atoms with Crippen molar-refractivity contribution >= 4 is 32.3 Å². The molecule has 1 heteroatoms. The third-order valence-corrected chi connectivity index (χ3v) is 10.3. The van der Waals surface area contributed by atoms with E-state index in [1.165, 1.54) is 82.4 Å². The zero-order valence-corrected chi connectivity index (χ0v) is 26.4. The predicted octanol–water partition coefficient (Wildman–Crippen LogP) is 12.3. The normalized spacial score (nSPS) is 13.0. The molecule has 0 spiro atoms. The largest absolute Gasteiger partial charge is 0.192 e. The van der Waals surface area contributed by atoms with Crippen LogP contribution >= 0.6 is 0 Å². The lowest BCUT2D eigenvalue weighted by atomic mass is 9.80. The third-order valence-electron chi connectivity index (χ3n) is 10.3. The maximum absolute atomic E-state index is 9.55. The Labute approximate surface area is 275 Å². The van der Waals surface area contributed by atoms with Crippen molar-refractivity contribution in [1.82, 2.24) is 0 Å². The molecule has 0 fully saturated rings. The van der Waals surface area contributed by atoms with E-state index in [0.717, 1.165) is 5.56 Å². The minimum Gasteiger partial charge on any atom is -0.192 e. The second-order valence-electron chi connectivity index (χ2n) is 13.2. The smallest absolute Gasteiger partial charge is 0.0991 e. The summed E-state index contributed by atoms with van der Waals surface area (Å²) in [6, 6.07) is 57.2. The van der Waals surface area contributed by atoms with Crippen molar-refractivity contribution < 1.29 is 0 Å². The van der Waals surface area contributed by atoms with E-state index in [2.05, 4.69) is 159 Å². The Morgan fingerprint density at radius 2 is 1.00 bits per heavy atom. The minimum absolute atomic E-state index is 0.0932. The molecule has 1 aliphatic carbocycles. The molecule has 0 saturated heterocycles. The molecule has 0 bridgehead atoms. The van der Waals surface area contributed by atoms with E-state index in [4.69, 9.17) is 0 Å². The number of benzene rings is 8. The summed E-state index contributed by atoms with van der Waals surface area (Å²) in [5.74, 6) is 0. The van der Waals surface area contributed by atoms with Crippen molar-refractivity contribution in [2.75, 3.05) is 0 Å². The van der Waals surface area contributed by atoms with Crippen molar-refractivity contribution in [3.63, 3.8) is 0 Å². The van der Waals surface area contributed by atoms with Crippen LogP contribution in [0.1, 0.15) is 30.5 Å². The summed E-state index contributed by atoms with van der Waals surface area (Å²) in [6.07, 6.45) is 0. The Balaban J connectivity index is 1.45. The van der Waals surface area contributed by atoms with Crippen LogP contribution in [0, 0.1) is 11.3 Å². The number of fused-ring (bicyclic) bond motifs is 6. The van der Waals surface area contributed by atoms with Gasteiger partial charge in [0, 0.05) is 5.41 Å². The van der Waals surface area contributed by atoms with Crippen molar-refractivity contribution in [3.8, 4) is 50.6 Å². The van der Waals surface area contributed by atoms with E-state index in [1.54, 1.807) is 0 Å². The van der Waals surface area contributed by atoms with Crippen molar-refractivity contribution in [3.05, 3.63) is 168 Å². The van der Waals surface area contributed by atoms with Crippen molar-refractivity contribution in [2.24, 2.45) is 0 Å². The summed E-state index contributed by atoms with van der Waals surface area (Å²) in [5.41, 5.74) is 13.2. The zero-order chi connectivity index (χ0) is 31.7. The molecular weight excluding hydrogens is 567 g/mol. The molecule has 220 valence electrons. The lowest BCUT2D eigenvalue weighted by Crippen LogP contribution is -2.14. The molecule has 0 saturated carbocycles. The number of hydrogen-bond donors (Lipinski definition) is 0. The van der Waals surface area contributed by atoms with Gasteiger partial charge in [-0.2, -0.15) is 5.26 Å². The van der Waals surface area contributed by atoms with Gasteiger partial charge in [-0.3, -0.25) is 0 Å². The van der Waals surface area contributed by atoms with Gasteiger partial charge in [-0.15, -0.1) is 0 Å². The van der Waals surface area contributed by atoms with Gasteiger partial charge in [0.15, 0.2) is 0 Å². The molecule has 8 aromatic rings. The van der Waals surface area contributed by atoms with Gasteiger partial charge >= 0.3 is 0 Å². The molecule has 0 radical (unpaired) electrons. The van der Waals surface area contributed by atoms with Gasteiger partial charge < -0.3 is 0 Å². The van der Waals surface area contributed by atoms with Crippen LogP contribution in [0.15, 0.2) is 152 Å². The molecule has 1 aliphatic rings. The molecule has 0 atom stereocenters. The number of nitrogens with zero attached hydrogens (tertiary/aromatic N) is 1. The SMILES string of the molecule is CC1(C)c2ccccc2-c2c(-c3c4ccccc4c(-c4ccc(C#N)cc4)c4ccc(-c5cccc6ccccc56)cc34)cccc21. The molecule has 8 aromatic carbocycles. The van der Waals surface area contributed by atoms with Crippen LogP contribution in [-0.2, 0) is 5.41 Å². The average Bonchev–Trinajstić information content (AvgIpc) is 3.36. The highest BCUT2D eigenvalue weighted by Gasteiger charge is 2.37. The van der Waals surface area contributed by atoms with Crippen LogP contribution in [-0.4, -0.2) is 0 Å². The first-order valence-electron chi connectivity index (χ1n) is 16.3. The van der Waals surface area contributed by atoms with Crippen LogP contribution in [0.5, 0.6) is 0 Å². The molecule has 0 aromatic heterocycles. The second-order valence-corrected chi connectivity index (χ2v) is 13.2. The molecule has 0 N–H and O–H groups in total. The highest BCUT2D eigenvalue weighted by atomic mass is 14.4. The standard InChI is InChI=1S/C46H31N/c1-46(2)41-19-8-7-16-38(41)45-39(18-10-20-42(45)46)44-36-15-6-5-14-35(36)43(31-23-21-29(28-47)22-24-31)37-26-25-32(27-40(37)44)34-17-9-12-30-11-3-4-13-33(30)34/h3-27H,1-2H3. The number of nitriles is 1. The van der Waals surface area contributed by atoms with Crippen LogP contribution in [0.2, 0.25) is 0 Å². The highest BCUT2D eigenvalue weighted by molar-refractivity contribution is 6.23. The Morgan fingerprint density at radius 3 is 1.81 bits per heavy atom. The highest BCUT2D eigenvalue weighted by Crippen LogP contribution is 2.54. The predicted molar refractivity (Wildman–Crippen MR) is 198 cm³/mol. The quantitative estimate of drug-likeness (QED) is 0.186. The summed E-state index contributed by atoms with van der Waals surface area (Å²) in [7, 11) is 0. The lowest BCUT2D eigenvalue weighted by molar-refractivity contribution is 0.660. The summed E-state index contributed by atoms with van der Waals surface area (Å²) < 4.78 is 0. The van der Waals surface area contributed by atoms with Gasteiger partial charge in [-0.05, 0) is 106 Å². The number of hydrogen-bond acceptors (Lipinski definition) is 1. The monoisotopic (exact) mass is 597 g/mol. The first-order valence-corrected chi connectivity index (χ1v) is 16.3. The fraction of sp³-hybridized carbons (Fsp3) is 0.0652. The fourth-order valence-corrected chi connectivity index (χ4v) is 8.10. The molecular formula is C46H31N. The van der Waals surface area contributed by atoms with Crippen LogP contribution in [0.25, 0.3) is 76.8 Å². The Kier molecular flexibility index (Phi) is 5.98. The van der Waals surface area contributed by atoms with E-state index >= 15 is 0 Å². The van der Waals surface area contributed by atoms with Gasteiger partial charge in [0.05, 0.1) is 11.6 Å². The molecule has 0 heterocycles. The lowest BCUT2D eigenvalue weighted by Gasteiger charge is -2.23. The fourth-order valence-electron chi connectivity index (χ4n) is 8.10. The second kappa shape index (κ2) is 10.3. The van der Waals surface area contributed by atoms with E-state index in [9.17, 15) is 5.26 Å². The zero-order valence-electron chi connectivity index (χ0n) is 26.4. The van der Waals surface area contributed by atoms with Crippen LogP contribution in [0.4, 0.5) is 0 Å². The maximum atomic E-state index is 9.55. The minimum atomic E-state index is -0.0932. The van der Waals surface area contributed by atoms with E-state index < -0.39 is 0 Å². The van der Waals surface area contributed by atoms with E-state index in [-0.39, 0.29) is 5.41 Å². The number of rotatable bonds is 3. The van der Waals surface area contributed by atoms with E-state index in [0.29, 0.717) is 5.56 Å². The van der Waals surface area contributed by atoms with E-state index in [1.807, 2.05) is 12.1 Å². The van der Waals surface area contributed by atoms with Gasteiger partial charge in [0.25, 0.3) is 0 Å². The molecule has 47 heavy (non-hydrogen) atoms. The summed E-state index contributed by atoms with van der Waals surface area (Å²) >= 11 is 0. The van der Waals surface area contributed by atoms with Gasteiger partial charge in [-0.1, -0.05) is 147 Å². The van der Waals surface area contributed by atoms with Crippen molar-refractivity contribution in [1.29, 1.82) is 5.26 Å². The Morgan fingerprint density at radius 1 is 0.426 bits per heavy atom. The Hall–Kier alpha value is -5.97. The van der Waals surface area contributed by atoms with Gasteiger partial charge in [0.1, 0.15) is 0 Å². The third kappa shape index (κ3) is 4.02. The summed E-state index contributed by atoms with van der Waals surface area (Å²) in [4.78, 5) is 0. The maximum Gasteiger partial charge on any atom is 0.0991 e. The molecule has 9 rings (SSSR count). The van der Waals surface area contributed by atoms with Gasteiger partial charge in [0.2, 0.25) is 0 Å². The molecule has 0 unspecified atom stereocenters. The Bertz CT molecular complexity index is 2590. The molecule has 0 aliphatic heterocycles. The summed E-state index contributed by atoms with van der Waals surface area (Å²) in [6.45, 7) is 4.70. The first-order chi connectivity index (χ1) is 23.0. The molecule has 1 nitrogen and oxygen atoms in total. The topological polar surface area (TPSA) is 23.8 Å². The molecule has 0 amide bonds. The van der Waals surface area contributed by atoms with Crippen LogP contribution in [0.3, 0.4) is 0 Å². The van der Waals surface area contributed by atoms with Crippen molar-refractivity contribution in [2.45, 2.75) is 19.3 Å². The summed E-state index contributed by atoms with van der Waals surface area (Å²) in [5, 5.41) is 16.9. The first kappa shape index (κ1) is 27.3. The van der Waals surface area contributed by atoms with Gasteiger partial charge in [-0.25, -0.2) is 0 Å². The van der Waals surface area contributed by atoms with Crippen LogP contribution < -0.4 is 0 Å². The average molecular weight is 598 g/mol.